The molecule has 0 aliphatic carbocycles. The average Bonchev–Trinajstić information content (AvgIpc) is 2.32. The smallest absolute Gasteiger partial charge is 0.407 e. The molecule has 0 aliphatic heterocycles. The molecular formula is C15H22ClFN2O2. The number of nitrogens with one attached hydrogen (secondary N) is 1. The average molecular weight is 317 g/mol. The maximum absolute atomic E-state index is 13.5. The van der Waals surface area contributed by atoms with Gasteiger partial charge < -0.3 is 15.8 Å². The topological polar surface area (TPSA) is 64.3 Å². The minimum Gasteiger partial charge on any atom is -0.444 e. The van der Waals surface area contributed by atoms with E-state index in [1.165, 1.54) is 12.1 Å². The number of carbonyl (C=O) groups excluding carboxylic acids is 1. The van der Waals surface area contributed by atoms with E-state index in [1.54, 1.807) is 26.8 Å². The molecule has 21 heavy (non-hydrogen) atoms. The third-order valence-electron chi connectivity index (χ3n) is 3.03. The van der Waals surface area contributed by atoms with E-state index < -0.39 is 22.9 Å². The number of rotatable bonds is 4. The van der Waals surface area contributed by atoms with Crippen LogP contribution >= 0.6 is 11.6 Å². The fraction of sp³-hybridized carbons (Fsp3) is 0.533. The molecule has 1 rings (SSSR count). The maximum atomic E-state index is 13.5. The molecular weight excluding hydrogens is 295 g/mol. The zero-order chi connectivity index (χ0) is 16.3. The molecule has 6 heteroatoms. The number of ether oxygens (including phenoxy) is 1. The minimum absolute atomic E-state index is 0.220. The van der Waals surface area contributed by atoms with Gasteiger partial charge in [-0.05, 0) is 44.5 Å². The number of benzene rings is 1. The van der Waals surface area contributed by atoms with Crippen molar-refractivity contribution >= 4 is 17.7 Å². The van der Waals surface area contributed by atoms with Gasteiger partial charge in [0.25, 0.3) is 0 Å². The fourth-order valence-corrected chi connectivity index (χ4v) is 2.00. The first-order chi connectivity index (χ1) is 9.55. The quantitative estimate of drug-likeness (QED) is 0.896. The Kier molecular flexibility index (Phi) is 5.59. The van der Waals surface area contributed by atoms with E-state index in [0.29, 0.717) is 10.6 Å². The first kappa shape index (κ1) is 17.7. The molecule has 4 nitrogen and oxygen atoms in total. The van der Waals surface area contributed by atoms with Crippen LogP contribution in [0.3, 0.4) is 0 Å². The van der Waals surface area contributed by atoms with Crippen LogP contribution in [0.25, 0.3) is 0 Å². The Morgan fingerprint density at radius 1 is 1.33 bits per heavy atom. The zero-order valence-electron chi connectivity index (χ0n) is 12.8. The Labute approximate surface area is 129 Å². The van der Waals surface area contributed by atoms with Crippen molar-refractivity contribution in [2.75, 3.05) is 13.1 Å². The van der Waals surface area contributed by atoms with Gasteiger partial charge in [0, 0.05) is 23.5 Å². The number of amides is 1. The predicted molar refractivity (Wildman–Crippen MR) is 82.1 cm³/mol. The Hall–Kier alpha value is -1.33. The fourth-order valence-electron chi connectivity index (χ4n) is 1.78. The van der Waals surface area contributed by atoms with Crippen molar-refractivity contribution < 1.29 is 13.9 Å². The summed E-state index contributed by atoms with van der Waals surface area (Å²) in [6.07, 6.45) is -0.537. The summed E-state index contributed by atoms with van der Waals surface area (Å²) in [4.78, 5) is 11.7. The van der Waals surface area contributed by atoms with E-state index in [4.69, 9.17) is 22.1 Å². The van der Waals surface area contributed by atoms with Gasteiger partial charge >= 0.3 is 6.09 Å². The third-order valence-corrected chi connectivity index (χ3v) is 3.25. The van der Waals surface area contributed by atoms with Crippen LogP contribution in [-0.2, 0) is 10.2 Å². The first-order valence-electron chi connectivity index (χ1n) is 6.69. The summed E-state index contributed by atoms with van der Waals surface area (Å²) < 4.78 is 18.6. The molecule has 0 saturated carbocycles. The molecule has 1 unspecified atom stereocenters. The van der Waals surface area contributed by atoms with Crippen molar-refractivity contribution in [3.8, 4) is 0 Å². The number of hydrogen-bond acceptors (Lipinski definition) is 3. The van der Waals surface area contributed by atoms with Gasteiger partial charge in [0.15, 0.2) is 0 Å². The third kappa shape index (κ3) is 5.52. The molecule has 0 fully saturated rings. The van der Waals surface area contributed by atoms with Crippen molar-refractivity contribution in [1.82, 2.24) is 5.32 Å². The van der Waals surface area contributed by atoms with Crippen LogP contribution in [0.2, 0.25) is 5.02 Å². The lowest BCUT2D eigenvalue weighted by Gasteiger charge is -2.30. The van der Waals surface area contributed by atoms with Crippen LogP contribution in [-0.4, -0.2) is 24.8 Å². The van der Waals surface area contributed by atoms with Crippen LogP contribution in [0.5, 0.6) is 0 Å². The van der Waals surface area contributed by atoms with Gasteiger partial charge in [0.1, 0.15) is 11.4 Å². The Bertz CT molecular complexity index is 497. The molecule has 3 N–H and O–H groups in total. The lowest BCUT2D eigenvalue weighted by atomic mass is 9.82. The molecule has 0 aliphatic rings. The Balaban J connectivity index is 2.83. The van der Waals surface area contributed by atoms with E-state index in [9.17, 15) is 9.18 Å². The molecule has 1 aromatic carbocycles. The molecule has 1 atom stereocenters. The maximum Gasteiger partial charge on any atom is 0.407 e. The van der Waals surface area contributed by atoms with Crippen molar-refractivity contribution in [2.24, 2.45) is 5.73 Å². The second-order valence-corrected chi connectivity index (χ2v) is 6.71. The lowest BCUT2D eigenvalue weighted by molar-refractivity contribution is 0.0516. The normalized spacial score (nSPS) is 14.4. The molecule has 118 valence electrons. The minimum atomic E-state index is -0.636. The Morgan fingerprint density at radius 2 is 1.95 bits per heavy atom. The summed E-state index contributed by atoms with van der Waals surface area (Å²) in [6, 6.07) is 4.24. The van der Waals surface area contributed by atoms with Crippen molar-refractivity contribution in [3.63, 3.8) is 0 Å². The van der Waals surface area contributed by atoms with E-state index in [0.717, 1.165) is 0 Å². The second-order valence-electron chi connectivity index (χ2n) is 6.28. The number of nitrogens with two attached hydrogens (primary N) is 1. The first-order valence-corrected chi connectivity index (χ1v) is 7.07. The summed E-state index contributed by atoms with van der Waals surface area (Å²) in [5.41, 5.74) is 5.21. The van der Waals surface area contributed by atoms with Gasteiger partial charge in [-0.25, -0.2) is 9.18 Å². The van der Waals surface area contributed by atoms with E-state index in [-0.39, 0.29) is 13.1 Å². The number of hydrogen-bond donors (Lipinski definition) is 2. The molecule has 1 aromatic rings. The molecule has 0 spiro atoms. The second kappa shape index (κ2) is 6.62. The van der Waals surface area contributed by atoms with E-state index in [2.05, 4.69) is 5.32 Å². The largest absolute Gasteiger partial charge is 0.444 e. The number of alkyl carbamates (subject to hydrolysis) is 1. The molecule has 0 radical (unpaired) electrons. The van der Waals surface area contributed by atoms with Gasteiger partial charge in [-0.3, -0.25) is 0 Å². The number of halogens is 2. The Morgan fingerprint density at radius 3 is 2.43 bits per heavy atom. The predicted octanol–water partition coefficient (Wildman–Crippen LogP) is 3.22. The molecule has 0 heterocycles. The summed E-state index contributed by atoms with van der Waals surface area (Å²) in [6.45, 7) is 7.61. The highest BCUT2D eigenvalue weighted by Crippen LogP contribution is 2.26. The van der Waals surface area contributed by atoms with E-state index >= 15 is 0 Å². The van der Waals surface area contributed by atoms with Crippen LogP contribution in [0.15, 0.2) is 18.2 Å². The molecule has 1 amide bonds. The standard InChI is InChI=1S/C15H22ClFN2O2/c1-14(2,3)21-13(20)19-9-15(4,8-18)10-5-11(16)7-12(17)6-10/h5-7H,8-9,18H2,1-4H3,(H,19,20). The van der Waals surface area contributed by atoms with Crippen molar-refractivity contribution in [3.05, 3.63) is 34.6 Å². The summed E-state index contributed by atoms with van der Waals surface area (Å²) >= 11 is 5.87. The summed E-state index contributed by atoms with van der Waals surface area (Å²) in [7, 11) is 0. The number of carbonyl (C=O) groups is 1. The molecule has 0 aromatic heterocycles. The van der Waals surface area contributed by atoms with Crippen LogP contribution in [0.4, 0.5) is 9.18 Å². The van der Waals surface area contributed by atoms with Crippen molar-refractivity contribution in [2.45, 2.75) is 38.7 Å². The van der Waals surface area contributed by atoms with E-state index in [1.807, 2.05) is 6.92 Å². The SMILES string of the molecule is CC(C)(C)OC(=O)NCC(C)(CN)c1cc(F)cc(Cl)c1. The van der Waals surface area contributed by atoms with Gasteiger partial charge in [0.05, 0.1) is 0 Å². The van der Waals surface area contributed by atoms with Crippen LogP contribution in [0, 0.1) is 5.82 Å². The molecule has 0 saturated heterocycles. The van der Waals surface area contributed by atoms with Gasteiger partial charge in [0.2, 0.25) is 0 Å². The lowest BCUT2D eigenvalue weighted by Crippen LogP contribution is -2.45. The highest BCUT2D eigenvalue weighted by Gasteiger charge is 2.28. The van der Waals surface area contributed by atoms with Crippen molar-refractivity contribution in [1.29, 1.82) is 0 Å². The van der Waals surface area contributed by atoms with Crippen LogP contribution < -0.4 is 11.1 Å². The summed E-state index contributed by atoms with van der Waals surface area (Å²) in [5, 5.41) is 2.95. The summed E-state index contributed by atoms with van der Waals surface area (Å²) in [5.74, 6) is -0.436. The van der Waals surface area contributed by atoms with Gasteiger partial charge in [-0.15, -0.1) is 0 Å². The zero-order valence-corrected chi connectivity index (χ0v) is 13.6. The highest BCUT2D eigenvalue weighted by molar-refractivity contribution is 6.30. The van der Waals surface area contributed by atoms with Gasteiger partial charge in [-0.1, -0.05) is 18.5 Å². The monoisotopic (exact) mass is 316 g/mol. The van der Waals surface area contributed by atoms with Gasteiger partial charge in [-0.2, -0.15) is 0 Å². The van der Waals surface area contributed by atoms with Crippen LogP contribution in [0.1, 0.15) is 33.3 Å². The highest BCUT2D eigenvalue weighted by atomic mass is 35.5. The molecule has 0 bridgehead atoms.